The zero-order chi connectivity index (χ0) is 14.8. The molecule has 2 aliphatic carbocycles. The van der Waals surface area contributed by atoms with Gasteiger partial charge in [-0.15, -0.1) is 0 Å². The number of carbonyl (C=O) groups is 2. The highest BCUT2D eigenvalue weighted by molar-refractivity contribution is 5.98. The number of amides is 2. The van der Waals surface area contributed by atoms with Crippen LogP contribution in [0.2, 0.25) is 0 Å². The molecule has 3 rings (SSSR count). The van der Waals surface area contributed by atoms with E-state index in [-0.39, 0.29) is 23.8 Å². The molecule has 0 spiro atoms. The molecule has 1 aromatic carbocycles. The van der Waals surface area contributed by atoms with Gasteiger partial charge in [0.1, 0.15) is 0 Å². The minimum Gasteiger partial charge on any atom is -0.350 e. The van der Waals surface area contributed by atoms with Gasteiger partial charge in [-0.25, -0.2) is 0 Å². The number of carbonyl (C=O) groups excluding carboxylic acids is 2. The fourth-order valence-electron chi connectivity index (χ4n) is 2.33. The average molecular weight is 287 g/mol. The van der Waals surface area contributed by atoms with Crippen molar-refractivity contribution in [3.63, 3.8) is 0 Å². The maximum Gasteiger partial charge on any atom is 0.251 e. The Bertz CT molecular complexity index is 550. The maximum atomic E-state index is 12.1. The second-order valence-electron chi connectivity index (χ2n) is 6.06. The summed E-state index contributed by atoms with van der Waals surface area (Å²) >= 11 is 0. The highest BCUT2D eigenvalue weighted by Gasteiger charge is 2.30. The van der Waals surface area contributed by atoms with Crippen LogP contribution in [-0.2, 0) is 4.79 Å². The molecular formula is C16H21N3O2. The monoisotopic (exact) mass is 287 g/mol. The summed E-state index contributed by atoms with van der Waals surface area (Å²) in [5, 5.41) is 5.71. The second-order valence-corrected chi connectivity index (χ2v) is 6.06. The van der Waals surface area contributed by atoms with Crippen molar-refractivity contribution < 1.29 is 9.59 Å². The lowest BCUT2D eigenvalue weighted by Crippen LogP contribution is -2.38. The van der Waals surface area contributed by atoms with Gasteiger partial charge in [0.2, 0.25) is 5.91 Å². The summed E-state index contributed by atoms with van der Waals surface area (Å²) in [6.07, 6.45) is 4.26. The van der Waals surface area contributed by atoms with Gasteiger partial charge in [0.15, 0.2) is 0 Å². The van der Waals surface area contributed by atoms with E-state index in [0.29, 0.717) is 23.7 Å². The number of benzene rings is 1. The third-order valence-corrected chi connectivity index (χ3v) is 4.07. The predicted molar refractivity (Wildman–Crippen MR) is 80.8 cm³/mol. The summed E-state index contributed by atoms with van der Waals surface area (Å²) in [5.74, 6) is 0.616. The van der Waals surface area contributed by atoms with Crippen LogP contribution in [0, 0.1) is 11.8 Å². The van der Waals surface area contributed by atoms with Crippen LogP contribution >= 0.6 is 0 Å². The van der Waals surface area contributed by atoms with E-state index in [2.05, 4.69) is 10.6 Å². The molecule has 0 aromatic heterocycles. The summed E-state index contributed by atoms with van der Waals surface area (Å²) in [7, 11) is 0. The Labute approximate surface area is 124 Å². The van der Waals surface area contributed by atoms with Gasteiger partial charge in [0.05, 0.1) is 0 Å². The smallest absolute Gasteiger partial charge is 0.251 e. The quantitative estimate of drug-likeness (QED) is 0.741. The molecule has 112 valence electrons. The Morgan fingerprint density at radius 1 is 1.24 bits per heavy atom. The third kappa shape index (κ3) is 3.82. The van der Waals surface area contributed by atoms with E-state index < -0.39 is 0 Å². The van der Waals surface area contributed by atoms with Crippen LogP contribution in [-0.4, -0.2) is 24.4 Å². The van der Waals surface area contributed by atoms with Crippen LogP contribution in [0.5, 0.6) is 0 Å². The minimum absolute atomic E-state index is 0.0447. The zero-order valence-corrected chi connectivity index (χ0v) is 12.0. The van der Waals surface area contributed by atoms with Gasteiger partial charge in [-0.3, -0.25) is 9.59 Å². The van der Waals surface area contributed by atoms with E-state index in [4.69, 9.17) is 5.73 Å². The highest BCUT2D eigenvalue weighted by atomic mass is 16.2. The minimum atomic E-state index is -0.145. The number of hydrogen-bond acceptors (Lipinski definition) is 3. The Hall–Kier alpha value is -1.88. The molecule has 2 aliphatic rings. The largest absolute Gasteiger partial charge is 0.350 e. The fraction of sp³-hybridized carbons (Fsp3) is 0.500. The van der Waals surface area contributed by atoms with Gasteiger partial charge in [-0.1, -0.05) is 6.07 Å². The van der Waals surface area contributed by atoms with E-state index >= 15 is 0 Å². The molecule has 0 aliphatic heterocycles. The van der Waals surface area contributed by atoms with Gasteiger partial charge < -0.3 is 16.4 Å². The van der Waals surface area contributed by atoms with Gasteiger partial charge in [-0.05, 0) is 49.8 Å². The van der Waals surface area contributed by atoms with Crippen LogP contribution in [0.4, 0.5) is 5.69 Å². The van der Waals surface area contributed by atoms with E-state index in [1.54, 1.807) is 24.3 Å². The zero-order valence-electron chi connectivity index (χ0n) is 12.0. The standard InChI is InChI=1S/C16H21N3O2/c17-14(10-4-5-10)9-18-15(20)12-2-1-3-13(8-12)19-16(21)11-6-7-11/h1-3,8,10-11,14H,4-7,9,17H2,(H,18,20)(H,19,21). The maximum absolute atomic E-state index is 12.1. The summed E-state index contributed by atoms with van der Waals surface area (Å²) in [5.41, 5.74) is 7.19. The normalized spacial score (nSPS) is 18.9. The molecule has 0 radical (unpaired) electrons. The summed E-state index contributed by atoms with van der Waals surface area (Å²) in [6, 6.07) is 7.07. The van der Waals surface area contributed by atoms with Crippen LogP contribution in [0.1, 0.15) is 36.0 Å². The molecule has 5 heteroatoms. The molecule has 4 N–H and O–H groups in total. The van der Waals surface area contributed by atoms with Gasteiger partial charge in [0, 0.05) is 29.8 Å². The van der Waals surface area contributed by atoms with Crippen molar-refractivity contribution in [2.75, 3.05) is 11.9 Å². The van der Waals surface area contributed by atoms with Crippen molar-refractivity contribution in [3.8, 4) is 0 Å². The molecule has 0 bridgehead atoms. The Kier molecular flexibility index (Phi) is 3.92. The molecule has 0 saturated heterocycles. The van der Waals surface area contributed by atoms with E-state index in [1.807, 2.05) is 0 Å². The van der Waals surface area contributed by atoms with E-state index in [9.17, 15) is 9.59 Å². The number of hydrogen-bond donors (Lipinski definition) is 3. The summed E-state index contributed by atoms with van der Waals surface area (Å²) in [6.45, 7) is 0.502. The summed E-state index contributed by atoms with van der Waals surface area (Å²) in [4.78, 5) is 23.8. The first-order chi connectivity index (χ1) is 10.1. The fourth-order valence-corrected chi connectivity index (χ4v) is 2.33. The highest BCUT2D eigenvalue weighted by Crippen LogP contribution is 2.31. The van der Waals surface area contributed by atoms with Crippen LogP contribution < -0.4 is 16.4 Å². The first-order valence-corrected chi connectivity index (χ1v) is 7.58. The molecule has 0 heterocycles. The number of nitrogens with one attached hydrogen (secondary N) is 2. The molecule has 1 aromatic rings. The number of nitrogens with two attached hydrogens (primary N) is 1. The van der Waals surface area contributed by atoms with E-state index in [1.165, 1.54) is 12.8 Å². The topological polar surface area (TPSA) is 84.2 Å². The van der Waals surface area contributed by atoms with Crippen molar-refractivity contribution in [3.05, 3.63) is 29.8 Å². The molecule has 1 unspecified atom stereocenters. The Morgan fingerprint density at radius 2 is 2.00 bits per heavy atom. The molecule has 1 atom stereocenters. The summed E-state index contributed by atoms with van der Waals surface area (Å²) < 4.78 is 0. The lowest BCUT2D eigenvalue weighted by molar-refractivity contribution is -0.117. The molecular weight excluding hydrogens is 266 g/mol. The molecule has 2 fully saturated rings. The first-order valence-electron chi connectivity index (χ1n) is 7.58. The lowest BCUT2D eigenvalue weighted by Gasteiger charge is -2.12. The van der Waals surface area contributed by atoms with Crippen molar-refractivity contribution in [1.29, 1.82) is 0 Å². The van der Waals surface area contributed by atoms with Crippen molar-refractivity contribution >= 4 is 17.5 Å². The lowest BCUT2D eigenvalue weighted by atomic mass is 10.1. The van der Waals surface area contributed by atoms with Crippen LogP contribution in [0.25, 0.3) is 0 Å². The number of rotatable bonds is 6. The SMILES string of the molecule is NC(CNC(=O)c1cccc(NC(=O)C2CC2)c1)C1CC1. The Morgan fingerprint density at radius 3 is 2.67 bits per heavy atom. The van der Waals surface area contributed by atoms with Gasteiger partial charge in [0.25, 0.3) is 5.91 Å². The van der Waals surface area contributed by atoms with Crippen molar-refractivity contribution in [1.82, 2.24) is 5.32 Å². The van der Waals surface area contributed by atoms with Crippen molar-refractivity contribution in [2.24, 2.45) is 17.6 Å². The number of anilines is 1. The predicted octanol–water partition coefficient (Wildman–Crippen LogP) is 1.50. The first kappa shape index (κ1) is 14.1. The average Bonchev–Trinajstić information content (AvgIpc) is 3.36. The molecule has 2 saturated carbocycles. The van der Waals surface area contributed by atoms with E-state index in [0.717, 1.165) is 12.8 Å². The van der Waals surface area contributed by atoms with Crippen molar-refractivity contribution in [2.45, 2.75) is 31.7 Å². The Balaban J connectivity index is 1.55. The van der Waals surface area contributed by atoms with Gasteiger partial charge >= 0.3 is 0 Å². The third-order valence-electron chi connectivity index (χ3n) is 4.07. The molecule has 5 nitrogen and oxygen atoms in total. The van der Waals surface area contributed by atoms with Crippen LogP contribution in [0.15, 0.2) is 24.3 Å². The molecule has 2 amide bonds. The second kappa shape index (κ2) is 5.85. The van der Waals surface area contributed by atoms with Crippen LogP contribution in [0.3, 0.4) is 0 Å². The molecule has 21 heavy (non-hydrogen) atoms. The van der Waals surface area contributed by atoms with Gasteiger partial charge in [-0.2, -0.15) is 0 Å².